The Morgan fingerprint density at radius 2 is 1.97 bits per heavy atom. The summed E-state index contributed by atoms with van der Waals surface area (Å²) in [4.78, 5) is 10.1. The molecule has 38 heavy (non-hydrogen) atoms. The Morgan fingerprint density at radius 3 is 2.55 bits per heavy atom. The highest BCUT2D eigenvalue weighted by atomic mass is 19.1. The van der Waals surface area contributed by atoms with Gasteiger partial charge in [0.1, 0.15) is 0 Å². The molecule has 0 aliphatic carbocycles. The Kier molecular flexibility index (Phi) is 10.8. The summed E-state index contributed by atoms with van der Waals surface area (Å²) in [7, 11) is 1.66. The van der Waals surface area contributed by atoms with Crippen LogP contribution in [-0.4, -0.2) is 55.3 Å². The number of nitrogen functional groups attached to an aromatic ring is 1. The van der Waals surface area contributed by atoms with Crippen LogP contribution >= 0.6 is 0 Å². The van der Waals surface area contributed by atoms with E-state index in [-0.39, 0.29) is 12.3 Å². The van der Waals surface area contributed by atoms with Gasteiger partial charge in [-0.15, -0.1) is 0 Å². The predicted molar refractivity (Wildman–Crippen MR) is 157 cm³/mol. The van der Waals surface area contributed by atoms with Crippen LogP contribution in [0.15, 0.2) is 75.8 Å². The fourth-order valence-corrected chi connectivity index (χ4v) is 4.11. The molecule has 202 valence electrons. The molecular weight excluding hydrogens is 481 g/mol. The average molecular weight is 520 g/mol. The number of aromatic hydroxyl groups is 1. The zero-order valence-corrected chi connectivity index (χ0v) is 22.6. The van der Waals surface area contributed by atoms with Gasteiger partial charge in [-0.25, -0.2) is 4.39 Å². The Hall–Kier alpha value is -4.40. The van der Waals surface area contributed by atoms with E-state index in [0.29, 0.717) is 53.3 Å². The summed E-state index contributed by atoms with van der Waals surface area (Å²) in [5.74, 6) is -1.07. The number of rotatable bonds is 10. The van der Waals surface area contributed by atoms with Gasteiger partial charge in [-0.3, -0.25) is 9.98 Å². The summed E-state index contributed by atoms with van der Waals surface area (Å²) in [6, 6.07) is 8.02. The van der Waals surface area contributed by atoms with Gasteiger partial charge in [-0.1, -0.05) is 39.5 Å². The van der Waals surface area contributed by atoms with Crippen molar-refractivity contribution in [2.75, 3.05) is 32.4 Å². The number of hydrogen-bond acceptors (Lipinski definition) is 8. The third kappa shape index (κ3) is 6.67. The van der Waals surface area contributed by atoms with Crippen LogP contribution in [0.5, 0.6) is 5.75 Å². The first kappa shape index (κ1) is 29.8. The van der Waals surface area contributed by atoms with Crippen molar-refractivity contribution in [3.8, 4) is 16.9 Å². The maximum Gasteiger partial charge on any atom is 0.165 e. The summed E-state index contributed by atoms with van der Waals surface area (Å²) in [6.07, 6.45) is 3.73. The molecule has 1 aliphatic rings. The summed E-state index contributed by atoms with van der Waals surface area (Å²) in [5.41, 5.74) is 18.5. The minimum Gasteiger partial charge on any atom is -0.505 e. The Bertz CT molecular complexity index is 1290. The molecule has 2 aromatic carbocycles. The number of nitrogens with two attached hydrogens (primary N) is 2. The molecule has 1 aliphatic heterocycles. The first-order valence-corrected chi connectivity index (χ1v) is 12.4. The molecule has 0 saturated heterocycles. The molecule has 1 heterocycles. The van der Waals surface area contributed by atoms with Crippen LogP contribution in [0.3, 0.4) is 0 Å². The summed E-state index contributed by atoms with van der Waals surface area (Å²) in [6.45, 7) is 15.0. The molecule has 8 nitrogen and oxygen atoms in total. The number of aryl methyl sites for hydroxylation is 1. The molecule has 7 N–H and O–H groups in total. The van der Waals surface area contributed by atoms with E-state index in [1.54, 1.807) is 31.5 Å². The second-order valence-electron chi connectivity index (χ2n) is 8.34. The van der Waals surface area contributed by atoms with Crippen LogP contribution in [0.4, 0.5) is 10.1 Å². The molecule has 3 rings (SSSR count). The Labute approximate surface area is 224 Å². The lowest BCUT2D eigenvalue weighted by Gasteiger charge is -2.21. The van der Waals surface area contributed by atoms with E-state index in [0.717, 1.165) is 22.5 Å². The quantitative estimate of drug-likeness (QED) is 0.177. The lowest BCUT2D eigenvalue weighted by Crippen LogP contribution is -2.28. The summed E-state index contributed by atoms with van der Waals surface area (Å²) >= 11 is 0. The molecule has 0 amide bonds. The Morgan fingerprint density at radius 1 is 1.26 bits per heavy atom. The number of anilines is 1. The lowest BCUT2D eigenvalue weighted by molar-refractivity contribution is 0.432. The molecular formula is C29H38FN7O. The zero-order chi connectivity index (χ0) is 28.4. The molecule has 0 spiro atoms. The van der Waals surface area contributed by atoms with Crippen LogP contribution in [0.1, 0.15) is 31.9 Å². The van der Waals surface area contributed by atoms with Crippen LogP contribution in [0.2, 0.25) is 0 Å². The van der Waals surface area contributed by atoms with Crippen molar-refractivity contribution in [3.05, 3.63) is 82.7 Å². The number of nitrogens with zero attached hydrogens (tertiary/aromatic N) is 3. The van der Waals surface area contributed by atoms with Crippen molar-refractivity contribution in [2.24, 2.45) is 15.7 Å². The molecule has 0 fully saturated rings. The number of nitrogens with one attached hydrogen (secondary N) is 2. The third-order valence-electron chi connectivity index (χ3n) is 6.11. The topological polar surface area (TPSA) is 136 Å². The van der Waals surface area contributed by atoms with Crippen molar-refractivity contribution in [1.82, 2.24) is 10.2 Å². The van der Waals surface area contributed by atoms with Gasteiger partial charge in [-0.05, 0) is 48.0 Å². The van der Waals surface area contributed by atoms with Gasteiger partial charge >= 0.3 is 0 Å². The van der Waals surface area contributed by atoms with Gasteiger partial charge in [0.25, 0.3) is 0 Å². The van der Waals surface area contributed by atoms with Crippen LogP contribution in [0.25, 0.3) is 11.1 Å². The number of allylic oxidation sites excluding steroid dienone is 1. The van der Waals surface area contributed by atoms with E-state index >= 15 is 0 Å². The van der Waals surface area contributed by atoms with Gasteiger partial charge in [0.05, 0.1) is 36.7 Å². The second kappa shape index (κ2) is 13.8. The smallest absolute Gasteiger partial charge is 0.165 e. The van der Waals surface area contributed by atoms with Gasteiger partial charge in [-0.2, -0.15) is 0 Å². The normalized spacial score (nSPS) is 13.4. The Balaban J connectivity index is 0.00000247. The molecule has 2 aromatic rings. The monoisotopic (exact) mass is 519 g/mol. The molecule has 0 saturated carbocycles. The first-order valence-electron chi connectivity index (χ1n) is 12.4. The van der Waals surface area contributed by atoms with Gasteiger partial charge in [0, 0.05) is 42.0 Å². The molecule has 9 heteroatoms. The first-order chi connectivity index (χ1) is 18.2. The predicted octanol–water partition coefficient (Wildman–Crippen LogP) is 4.61. The van der Waals surface area contributed by atoms with Crippen molar-refractivity contribution >= 4 is 24.3 Å². The number of aliphatic imine (C=N–C) groups is 2. The number of benzene rings is 2. The largest absolute Gasteiger partial charge is 0.505 e. The lowest BCUT2D eigenvalue weighted by atomic mass is 9.95. The summed E-state index contributed by atoms with van der Waals surface area (Å²) < 4.78 is 14.0. The zero-order valence-electron chi connectivity index (χ0n) is 22.6. The minimum atomic E-state index is -0.689. The highest BCUT2D eigenvalue weighted by molar-refractivity contribution is 6.04. The standard InChI is InChI=1S/C27H32FN7O.C2H6/c1-5-17-9-27(36)22(28)10-21(17)18-6-7-20(23(30)8-18)24(31)13-34-26-15-35(14-25(26)33-4)16(2)19(11-29)12-32-3;1-2/h6-12,31,34,36H,2,4-5,13-15,29-30H2,1,3H3;1-2H3/b19-11+,31-24?,32-12?;. The van der Waals surface area contributed by atoms with E-state index < -0.39 is 5.82 Å². The fraction of sp³-hybridized carbons (Fsp3) is 0.276. The summed E-state index contributed by atoms with van der Waals surface area (Å²) in [5, 5.41) is 21.6. The van der Waals surface area contributed by atoms with Crippen LogP contribution < -0.4 is 16.8 Å². The van der Waals surface area contributed by atoms with Crippen LogP contribution in [-0.2, 0) is 6.42 Å². The number of phenolic OH excluding ortho intramolecular Hbond substituents is 1. The highest BCUT2D eigenvalue weighted by Gasteiger charge is 2.24. The van der Waals surface area contributed by atoms with Crippen molar-refractivity contribution in [3.63, 3.8) is 0 Å². The van der Waals surface area contributed by atoms with Gasteiger partial charge in [0.15, 0.2) is 11.6 Å². The fourth-order valence-electron chi connectivity index (χ4n) is 4.11. The van der Waals surface area contributed by atoms with E-state index in [1.807, 2.05) is 25.7 Å². The van der Waals surface area contributed by atoms with Crippen molar-refractivity contribution in [1.29, 1.82) is 5.41 Å². The number of phenols is 1. The number of halogens is 1. The highest BCUT2D eigenvalue weighted by Crippen LogP contribution is 2.32. The maximum absolute atomic E-state index is 14.0. The molecule has 0 unspecified atom stereocenters. The van der Waals surface area contributed by atoms with Crippen LogP contribution in [0, 0.1) is 11.2 Å². The molecule has 0 bridgehead atoms. The molecule has 0 atom stereocenters. The minimum absolute atomic E-state index is 0.224. The van der Waals surface area contributed by atoms with Gasteiger partial charge in [0.2, 0.25) is 0 Å². The number of hydrogen-bond donors (Lipinski definition) is 5. The molecule has 0 aromatic heterocycles. The van der Waals surface area contributed by atoms with E-state index in [1.165, 1.54) is 18.3 Å². The van der Waals surface area contributed by atoms with Crippen molar-refractivity contribution in [2.45, 2.75) is 27.2 Å². The van der Waals surface area contributed by atoms with E-state index in [2.05, 4.69) is 28.6 Å². The average Bonchev–Trinajstić information content (AvgIpc) is 3.35. The van der Waals surface area contributed by atoms with Crippen molar-refractivity contribution < 1.29 is 9.50 Å². The van der Waals surface area contributed by atoms with E-state index in [9.17, 15) is 9.50 Å². The van der Waals surface area contributed by atoms with E-state index in [4.69, 9.17) is 16.9 Å². The molecule has 0 radical (unpaired) electrons. The third-order valence-corrected chi connectivity index (χ3v) is 6.11. The van der Waals surface area contributed by atoms with Gasteiger partial charge < -0.3 is 32.2 Å². The SMILES string of the molecule is C=NC1=C(NCC(=N)c2ccc(-c3cc(F)c(O)cc3CC)cc2N)CN(C(=C)/C(C=NC)=C/N)C1.CC. The maximum atomic E-state index is 14.0. The second-order valence-corrected chi connectivity index (χ2v) is 8.34.